The van der Waals surface area contributed by atoms with Crippen LogP contribution in [0.4, 0.5) is 0 Å². The number of hydrogen-bond donors (Lipinski definition) is 1. The Labute approximate surface area is 203 Å². The summed E-state index contributed by atoms with van der Waals surface area (Å²) in [6.07, 6.45) is 0.144. The van der Waals surface area contributed by atoms with Crippen molar-refractivity contribution in [3.63, 3.8) is 0 Å². The molecule has 5 rings (SSSR count). The zero-order valence-electron chi connectivity index (χ0n) is 18.7. The van der Waals surface area contributed by atoms with E-state index in [9.17, 15) is 13.2 Å². The highest BCUT2D eigenvalue weighted by Crippen LogP contribution is 2.23. The molecular formula is C25H26N4O3S2. The van der Waals surface area contributed by atoms with Crippen molar-refractivity contribution in [1.29, 1.82) is 0 Å². The van der Waals surface area contributed by atoms with Gasteiger partial charge in [0.05, 0.1) is 21.7 Å². The largest absolute Gasteiger partial charge is 0.340 e. The molecule has 176 valence electrons. The smallest absolute Gasteiger partial charge is 0.240 e. The molecule has 1 N–H and O–H groups in total. The highest BCUT2D eigenvalue weighted by molar-refractivity contribution is 7.89. The molecule has 1 aromatic heterocycles. The number of rotatable bonds is 7. The third-order valence-electron chi connectivity index (χ3n) is 6.08. The number of nitrogens with one attached hydrogen (secondary N) is 1. The highest BCUT2D eigenvalue weighted by Gasteiger charge is 2.22. The van der Waals surface area contributed by atoms with E-state index in [1.165, 1.54) is 4.70 Å². The maximum Gasteiger partial charge on any atom is 0.240 e. The summed E-state index contributed by atoms with van der Waals surface area (Å²) in [6.45, 7) is 3.71. The molecule has 1 aliphatic heterocycles. The maximum absolute atomic E-state index is 12.7. The molecule has 34 heavy (non-hydrogen) atoms. The first-order valence-corrected chi connectivity index (χ1v) is 13.6. The van der Waals surface area contributed by atoms with Gasteiger partial charge in [0.2, 0.25) is 15.9 Å². The van der Waals surface area contributed by atoms with E-state index >= 15 is 0 Å². The first-order valence-electron chi connectivity index (χ1n) is 11.3. The fourth-order valence-electron chi connectivity index (χ4n) is 4.20. The van der Waals surface area contributed by atoms with Gasteiger partial charge >= 0.3 is 0 Å². The zero-order valence-corrected chi connectivity index (χ0v) is 20.3. The maximum atomic E-state index is 12.7. The van der Waals surface area contributed by atoms with Gasteiger partial charge in [-0.3, -0.25) is 9.69 Å². The van der Waals surface area contributed by atoms with E-state index in [0.717, 1.165) is 40.9 Å². The Morgan fingerprint density at radius 3 is 2.47 bits per heavy atom. The van der Waals surface area contributed by atoms with Crippen molar-refractivity contribution < 1.29 is 13.2 Å². The van der Waals surface area contributed by atoms with Crippen LogP contribution in [0.15, 0.2) is 71.6 Å². The summed E-state index contributed by atoms with van der Waals surface area (Å²) in [7, 11) is -3.67. The Balaban J connectivity index is 1.10. The van der Waals surface area contributed by atoms with Gasteiger partial charge < -0.3 is 4.90 Å². The van der Waals surface area contributed by atoms with E-state index in [4.69, 9.17) is 4.98 Å². The number of aromatic nitrogens is 1. The minimum atomic E-state index is -3.67. The molecule has 9 heteroatoms. The summed E-state index contributed by atoms with van der Waals surface area (Å²) in [5.74, 6) is -0.0270. The first kappa shape index (κ1) is 22.9. The predicted molar refractivity (Wildman–Crippen MR) is 135 cm³/mol. The van der Waals surface area contributed by atoms with E-state index in [1.54, 1.807) is 29.5 Å². The van der Waals surface area contributed by atoms with Crippen molar-refractivity contribution in [2.75, 3.05) is 32.7 Å². The fraction of sp³-hybridized carbons (Fsp3) is 0.280. The number of fused-ring (bicyclic) bond motifs is 2. The van der Waals surface area contributed by atoms with Gasteiger partial charge in [-0.15, -0.1) is 11.3 Å². The van der Waals surface area contributed by atoms with Crippen LogP contribution in [0.3, 0.4) is 0 Å². The molecule has 7 nitrogen and oxygen atoms in total. The van der Waals surface area contributed by atoms with Crippen LogP contribution in [-0.4, -0.2) is 61.8 Å². The Morgan fingerprint density at radius 1 is 0.941 bits per heavy atom. The Bertz CT molecular complexity index is 1390. The van der Waals surface area contributed by atoms with E-state index in [1.807, 2.05) is 47.4 Å². The minimum Gasteiger partial charge on any atom is -0.340 e. The van der Waals surface area contributed by atoms with Crippen LogP contribution in [0.5, 0.6) is 0 Å². The molecule has 0 atom stereocenters. The van der Waals surface area contributed by atoms with Gasteiger partial charge in [-0.25, -0.2) is 18.1 Å². The number of piperazine rings is 1. The Hall–Kier alpha value is -2.85. The second kappa shape index (κ2) is 9.79. The van der Waals surface area contributed by atoms with Gasteiger partial charge in [0.1, 0.15) is 5.01 Å². The molecule has 1 fully saturated rings. The second-order valence-electron chi connectivity index (χ2n) is 8.39. The Morgan fingerprint density at radius 2 is 1.68 bits per heavy atom. The third-order valence-corrected chi connectivity index (χ3v) is 8.56. The van der Waals surface area contributed by atoms with Crippen LogP contribution >= 0.6 is 11.3 Å². The second-order valence-corrected chi connectivity index (χ2v) is 11.3. The van der Waals surface area contributed by atoms with Crippen molar-refractivity contribution in [3.8, 4) is 0 Å². The number of sulfonamides is 1. The molecule has 3 aromatic carbocycles. The quantitative estimate of drug-likeness (QED) is 0.426. The number of hydrogen-bond acceptors (Lipinski definition) is 6. The lowest BCUT2D eigenvalue weighted by atomic mass is 10.1. The summed E-state index contributed by atoms with van der Waals surface area (Å²) >= 11 is 1.71. The van der Waals surface area contributed by atoms with Crippen molar-refractivity contribution >= 4 is 48.3 Å². The normalized spacial score (nSPS) is 15.2. The summed E-state index contributed by atoms with van der Waals surface area (Å²) in [4.78, 5) is 21.7. The summed E-state index contributed by atoms with van der Waals surface area (Å²) in [5.41, 5.74) is 1.03. The van der Waals surface area contributed by atoms with Crippen LogP contribution in [0.25, 0.3) is 21.0 Å². The third kappa shape index (κ3) is 5.12. The predicted octanol–water partition coefficient (Wildman–Crippen LogP) is 3.46. The average molecular weight is 495 g/mol. The average Bonchev–Trinajstić information content (AvgIpc) is 3.26. The van der Waals surface area contributed by atoms with Crippen molar-refractivity contribution in [2.45, 2.75) is 17.9 Å². The first-order chi connectivity index (χ1) is 16.5. The van der Waals surface area contributed by atoms with Gasteiger partial charge in [-0.2, -0.15) is 0 Å². The van der Waals surface area contributed by atoms with Crippen molar-refractivity contribution in [3.05, 3.63) is 71.7 Å². The molecule has 2 heterocycles. The molecule has 0 saturated carbocycles. The van der Waals surface area contributed by atoms with E-state index in [2.05, 4.69) is 15.7 Å². The summed E-state index contributed by atoms with van der Waals surface area (Å²) < 4.78 is 29.1. The summed E-state index contributed by atoms with van der Waals surface area (Å²) in [6, 6.07) is 20.8. The number of amides is 1. The number of carbonyl (C=O) groups is 1. The van der Waals surface area contributed by atoms with Gasteiger partial charge in [0.25, 0.3) is 0 Å². The summed E-state index contributed by atoms with van der Waals surface area (Å²) in [5, 5.41) is 2.94. The molecule has 1 amide bonds. The Kier molecular flexibility index (Phi) is 6.60. The van der Waals surface area contributed by atoms with Crippen molar-refractivity contribution in [1.82, 2.24) is 19.5 Å². The van der Waals surface area contributed by atoms with Gasteiger partial charge in [0.15, 0.2) is 0 Å². The van der Waals surface area contributed by atoms with Crippen LogP contribution < -0.4 is 4.72 Å². The lowest BCUT2D eigenvalue weighted by molar-refractivity contribution is -0.132. The molecular weight excluding hydrogens is 468 g/mol. The molecule has 1 saturated heterocycles. The van der Waals surface area contributed by atoms with Crippen LogP contribution in [0.1, 0.15) is 11.4 Å². The van der Waals surface area contributed by atoms with Gasteiger partial charge in [0, 0.05) is 39.1 Å². The topological polar surface area (TPSA) is 82.6 Å². The SMILES string of the molecule is O=C(CCNS(=O)(=O)c1ccc2ccccc2c1)N1CCN(Cc2nc3ccccc3s2)CC1. The van der Waals surface area contributed by atoms with Crippen molar-refractivity contribution in [2.24, 2.45) is 0 Å². The number of nitrogens with zero attached hydrogens (tertiary/aromatic N) is 3. The molecule has 0 bridgehead atoms. The lowest BCUT2D eigenvalue weighted by Crippen LogP contribution is -2.48. The molecule has 4 aromatic rings. The minimum absolute atomic E-state index is 0.0270. The number of para-hydroxylation sites is 1. The number of carbonyl (C=O) groups excluding carboxylic acids is 1. The lowest BCUT2D eigenvalue weighted by Gasteiger charge is -2.34. The molecule has 0 unspecified atom stereocenters. The molecule has 0 aliphatic carbocycles. The molecule has 0 radical (unpaired) electrons. The van der Waals surface area contributed by atoms with E-state index in [0.29, 0.717) is 13.1 Å². The number of thiazole rings is 1. The van der Waals surface area contributed by atoms with Crippen LogP contribution in [0.2, 0.25) is 0 Å². The highest BCUT2D eigenvalue weighted by atomic mass is 32.2. The zero-order chi connectivity index (χ0) is 23.5. The monoisotopic (exact) mass is 494 g/mol. The standard InChI is InChI=1S/C25H26N4O3S2/c30-25(11-12-26-34(31,32)21-10-9-19-5-1-2-6-20(19)17-21)29-15-13-28(14-16-29)18-24-27-22-7-3-4-8-23(22)33-24/h1-10,17,26H,11-16,18H2. The van der Waals surface area contributed by atoms with Crippen LogP contribution in [0, 0.1) is 0 Å². The van der Waals surface area contributed by atoms with E-state index < -0.39 is 10.0 Å². The van der Waals surface area contributed by atoms with Crippen LogP contribution in [-0.2, 0) is 21.4 Å². The van der Waals surface area contributed by atoms with E-state index in [-0.39, 0.29) is 23.8 Å². The van der Waals surface area contributed by atoms with Gasteiger partial charge in [-0.05, 0) is 35.0 Å². The fourth-order valence-corrected chi connectivity index (χ4v) is 6.28. The molecule has 0 spiro atoms. The number of benzene rings is 3. The van der Waals surface area contributed by atoms with Gasteiger partial charge in [-0.1, -0.05) is 42.5 Å². The molecule has 1 aliphatic rings.